The van der Waals surface area contributed by atoms with Gasteiger partial charge in [-0.1, -0.05) is 0 Å². The van der Waals surface area contributed by atoms with Crippen LogP contribution < -0.4 is 11.1 Å². The van der Waals surface area contributed by atoms with E-state index < -0.39 is 17.9 Å². The van der Waals surface area contributed by atoms with Crippen molar-refractivity contribution in [2.45, 2.75) is 31.7 Å². The molecule has 0 heterocycles. The lowest BCUT2D eigenvalue weighted by Gasteiger charge is -2.12. The summed E-state index contributed by atoms with van der Waals surface area (Å²) in [5.74, 6) is -1.49. The Balaban J connectivity index is 3.73. The third kappa shape index (κ3) is 7.90. The van der Waals surface area contributed by atoms with Gasteiger partial charge in [-0.15, -0.1) is 0 Å². The number of hydrogen-bond donors (Lipinski definition) is 4. The van der Waals surface area contributed by atoms with Crippen molar-refractivity contribution < 1.29 is 19.8 Å². The van der Waals surface area contributed by atoms with Crippen molar-refractivity contribution in [2.24, 2.45) is 5.73 Å². The SMILES string of the molecule is NC(=O)CCC(NCCCCO)C(=O)O. The van der Waals surface area contributed by atoms with Gasteiger partial charge in [0.2, 0.25) is 5.91 Å². The van der Waals surface area contributed by atoms with E-state index in [2.05, 4.69) is 5.32 Å². The fraction of sp³-hybridized carbons (Fsp3) is 0.778. The number of aliphatic hydroxyl groups is 1. The molecule has 0 fully saturated rings. The van der Waals surface area contributed by atoms with Crippen molar-refractivity contribution in [3.63, 3.8) is 0 Å². The van der Waals surface area contributed by atoms with Crippen LogP contribution in [0.1, 0.15) is 25.7 Å². The maximum Gasteiger partial charge on any atom is 0.320 e. The number of hydrogen-bond acceptors (Lipinski definition) is 4. The van der Waals surface area contributed by atoms with E-state index in [1.807, 2.05) is 0 Å². The third-order valence-electron chi connectivity index (χ3n) is 1.95. The number of nitrogens with one attached hydrogen (secondary N) is 1. The van der Waals surface area contributed by atoms with Gasteiger partial charge in [0.1, 0.15) is 6.04 Å². The summed E-state index contributed by atoms with van der Waals surface area (Å²) in [6.45, 7) is 0.608. The predicted octanol–water partition coefficient (Wildman–Crippen LogP) is -0.933. The van der Waals surface area contributed by atoms with Crippen molar-refractivity contribution in [1.82, 2.24) is 5.32 Å². The van der Waals surface area contributed by atoms with Crippen LogP contribution in [-0.4, -0.2) is 41.3 Å². The molecule has 1 atom stereocenters. The third-order valence-corrected chi connectivity index (χ3v) is 1.95. The molecule has 0 aliphatic carbocycles. The molecule has 0 spiro atoms. The molecule has 6 heteroatoms. The predicted molar refractivity (Wildman–Crippen MR) is 54.2 cm³/mol. The van der Waals surface area contributed by atoms with Crippen molar-refractivity contribution >= 4 is 11.9 Å². The fourth-order valence-electron chi connectivity index (χ4n) is 1.11. The molecule has 88 valence electrons. The van der Waals surface area contributed by atoms with Gasteiger partial charge in [0.25, 0.3) is 0 Å². The van der Waals surface area contributed by atoms with Crippen LogP contribution in [0.25, 0.3) is 0 Å². The van der Waals surface area contributed by atoms with E-state index in [4.69, 9.17) is 15.9 Å². The standard InChI is InChI=1S/C9H18N2O4/c10-8(13)4-3-7(9(14)15)11-5-1-2-6-12/h7,11-12H,1-6H2,(H2,10,13)(H,14,15). The Labute approximate surface area is 88.5 Å². The van der Waals surface area contributed by atoms with Crippen LogP contribution in [0.5, 0.6) is 0 Å². The molecule has 5 N–H and O–H groups in total. The molecule has 0 bridgehead atoms. The van der Waals surface area contributed by atoms with Crippen LogP contribution in [0, 0.1) is 0 Å². The van der Waals surface area contributed by atoms with Crippen molar-refractivity contribution in [3.05, 3.63) is 0 Å². The summed E-state index contributed by atoms with van der Waals surface area (Å²) in [6.07, 6.45) is 1.60. The normalized spacial score (nSPS) is 12.3. The monoisotopic (exact) mass is 218 g/mol. The number of primary amides is 1. The molecule has 0 aromatic heterocycles. The fourth-order valence-corrected chi connectivity index (χ4v) is 1.11. The molecule has 0 saturated heterocycles. The summed E-state index contributed by atoms with van der Waals surface area (Å²) in [6, 6.07) is -0.740. The molecule has 0 radical (unpaired) electrons. The number of rotatable bonds is 9. The molecule has 0 rings (SSSR count). The molecule has 6 nitrogen and oxygen atoms in total. The Kier molecular flexibility index (Phi) is 7.57. The first-order valence-electron chi connectivity index (χ1n) is 4.93. The second-order valence-electron chi connectivity index (χ2n) is 3.28. The Morgan fingerprint density at radius 1 is 1.33 bits per heavy atom. The van der Waals surface area contributed by atoms with Gasteiger partial charge in [-0.05, 0) is 25.8 Å². The number of amides is 1. The van der Waals surface area contributed by atoms with Gasteiger partial charge >= 0.3 is 5.97 Å². The highest BCUT2D eigenvalue weighted by atomic mass is 16.4. The van der Waals surface area contributed by atoms with Gasteiger partial charge in [-0.2, -0.15) is 0 Å². The summed E-state index contributed by atoms with van der Waals surface area (Å²) in [4.78, 5) is 21.2. The van der Waals surface area contributed by atoms with Crippen LogP contribution >= 0.6 is 0 Å². The quantitative estimate of drug-likeness (QED) is 0.373. The van der Waals surface area contributed by atoms with E-state index in [0.29, 0.717) is 19.4 Å². The maximum absolute atomic E-state index is 10.7. The van der Waals surface area contributed by atoms with E-state index >= 15 is 0 Å². The lowest BCUT2D eigenvalue weighted by atomic mass is 10.1. The van der Waals surface area contributed by atoms with Gasteiger partial charge in [0, 0.05) is 13.0 Å². The number of aliphatic hydroxyl groups excluding tert-OH is 1. The minimum atomic E-state index is -0.986. The molecular formula is C9H18N2O4. The number of unbranched alkanes of at least 4 members (excludes halogenated alkanes) is 1. The Bertz CT molecular complexity index is 208. The van der Waals surface area contributed by atoms with Gasteiger partial charge < -0.3 is 21.3 Å². The summed E-state index contributed by atoms with van der Waals surface area (Å²) >= 11 is 0. The highest BCUT2D eigenvalue weighted by Crippen LogP contribution is 1.98. The number of carbonyl (C=O) groups excluding carboxylic acids is 1. The molecule has 1 amide bonds. The minimum Gasteiger partial charge on any atom is -0.480 e. The molecule has 1 unspecified atom stereocenters. The van der Waals surface area contributed by atoms with E-state index in [0.717, 1.165) is 0 Å². The number of aliphatic carboxylic acids is 1. The van der Waals surface area contributed by atoms with E-state index in [1.54, 1.807) is 0 Å². The second-order valence-corrected chi connectivity index (χ2v) is 3.28. The van der Waals surface area contributed by atoms with Gasteiger partial charge in [-0.3, -0.25) is 9.59 Å². The number of carboxylic acid groups (broad SMARTS) is 1. The summed E-state index contributed by atoms with van der Waals surface area (Å²) in [5.41, 5.74) is 4.92. The minimum absolute atomic E-state index is 0.0595. The highest BCUT2D eigenvalue weighted by Gasteiger charge is 2.16. The van der Waals surface area contributed by atoms with Gasteiger partial charge in [0.05, 0.1) is 0 Å². The molecule has 0 aromatic rings. The van der Waals surface area contributed by atoms with Crippen molar-refractivity contribution in [3.8, 4) is 0 Å². The van der Waals surface area contributed by atoms with Gasteiger partial charge in [-0.25, -0.2) is 0 Å². The van der Waals surface area contributed by atoms with Crippen LogP contribution in [0.15, 0.2) is 0 Å². The molecule has 0 aliphatic rings. The summed E-state index contributed by atoms with van der Waals surface area (Å²) in [5, 5.41) is 20.1. The zero-order valence-electron chi connectivity index (χ0n) is 8.61. The molecular weight excluding hydrogens is 200 g/mol. The molecule has 0 aliphatic heterocycles. The van der Waals surface area contributed by atoms with Crippen molar-refractivity contribution in [1.29, 1.82) is 0 Å². The summed E-state index contributed by atoms with van der Waals surface area (Å²) in [7, 11) is 0. The van der Waals surface area contributed by atoms with E-state index in [9.17, 15) is 9.59 Å². The Morgan fingerprint density at radius 3 is 2.47 bits per heavy atom. The molecule has 0 saturated carbocycles. The number of carboxylic acids is 1. The number of nitrogens with two attached hydrogens (primary N) is 1. The van der Waals surface area contributed by atoms with Crippen LogP contribution in [0.3, 0.4) is 0 Å². The first-order chi connectivity index (χ1) is 7.07. The topological polar surface area (TPSA) is 113 Å². The average molecular weight is 218 g/mol. The van der Waals surface area contributed by atoms with E-state index in [-0.39, 0.29) is 19.4 Å². The molecule has 0 aromatic carbocycles. The Morgan fingerprint density at radius 2 is 2.00 bits per heavy atom. The summed E-state index contributed by atoms with van der Waals surface area (Å²) < 4.78 is 0. The smallest absolute Gasteiger partial charge is 0.320 e. The lowest BCUT2D eigenvalue weighted by molar-refractivity contribution is -0.139. The Hall–Kier alpha value is -1.14. The van der Waals surface area contributed by atoms with Crippen LogP contribution in [0.2, 0.25) is 0 Å². The van der Waals surface area contributed by atoms with Crippen molar-refractivity contribution in [2.75, 3.05) is 13.2 Å². The van der Waals surface area contributed by atoms with Gasteiger partial charge in [0.15, 0.2) is 0 Å². The lowest BCUT2D eigenvalue weighted by Crippen LogP contribution is -2.38. The van der Waals surface area contributed by atoms with E-state index in [1.165, 1.54) is 0 Å². The first kappa shape index (κ1) is 13.9. The zero-order chi connectivity index (χ0) is 11.7. The number of carbonyl (C=O) groups is 2. The largest absolute Gasteiger partial charge is 0.480 e. The van der Waals surface area contributed by atoms with Crippen LogP contribution in [0.4, 0.5) is 0 Å². The maximum atomic E-state index is 10.7. The first-order valence-corrected chi connectivity index (χ1v) is 4.93. The average Bonchev–Trinajstić information content (AvgIpc) is 2.15. The zero-order valence-corrected chi connectivity index (χ0v) is 8.61. The highest BCUT2D eigenvalue weighted by molar-refractivity contribution is 5.77. The second kappa shape index (κ2) is 8.19. The molecule has 15 heavy (non-hydrogen) atoms. The van der Waals surface area contributed by atoms with Crippen LogP contribution in [-0.2, 0) is 9.59 Å².